The van der Waals surface area contributed by atoms with Crippen LogP contribution in [-0.2, 0) is 0 Å². The Morgan fingerprint density at radius 2 is 2.05 bits per heavy atom. The second-order valence-corrected chi connectivity index (χ2v) is 4.48. The van der Waals surface area contributed by atoms with E-state index < -0.39 is 6.10 Å². The molecule has 0 aliphatic rings. The lowest BCUT2D eigenvalue weighted by molar-refractivity contribution is 0.117. The first-order valence-corrected chi connectivity index (χ1v) is 6.57. The van der Waals surface area contributed by atoms with Crippen molar-refractivity contribution in [3.05, 3.63) is 43.0 Å². The number of H-pyrrole nitrogens is 1. The third-order valence-electron chi connectivity index (χ3n) is 2.91. The summed E-state index contributed by atoms with van der Waals surface area (Å²) in [5.41, 5.74) is 1.30. The number of nitrogens with one attached hydrogen (secondary N) is 2. The highest BCUT2D eigenvalue weighted by Crippen LogP contribution is 2.14. The van der Waals surface area contributed by atoms with Gasteiger partial charge in [-0.05, 0) is 12.1 Å². The second-order valence-electron chi connectivity index (χ2n) is 4.48. The molecular formula is C14H15N5O2. The number of nitrogens with zero attached hydrogens (tertiary/aromatic N) is 3. The average Bonchev–Trinajstić information content (AvgIpc) is 3.01. The van der Waals surface area contributed by atoms with Crippen molar-refractivity contribution in [1.82, 2.24) is 19.9 Å². The number of para-hydroxylation sites is 1. The largest absolute Gasteiger partial charge is 0.491 e. The molecule has 0 bridgehead atoms. The minimum absolute atomic E-state index is 0.203. The third kappa shape index (κ3) is 3.26. The molecule has 0 spiro atoms. The summed E-state index contributed by atoms with van der Waals surface area (Å²) in [4.78, 5) is 15.2. The Kier molecular flexibility index (Phi) is 3.92. The predicted molar refractivity (Wildman–Crippen MR) is 78.1 cm³/mol. The minimum Gasteiger partial charge on any atom is -0.491 e. The summed E-state index contributed by atoms with van der Waals surface area (Å²) in [5.74, 6) is 1.34. The van der Waals surface area contributed by atoms with Crippen LogP contribution in [-0.4, -0.2) is 44.3 Å². The molecule has 108 valence electrons. The van der Waals surface area contributed by atoms with Crippen LogP contribution in [0.25, 0.3) is 11.2 Å². The number of anilines is 1. The maximum absolute atomic E-state index is 9.94. The maximum atomic E-state index is 9.94. The molecule has 0 saturated heterocycles. The summed E-state index contributed by atoms with van der Waals surface area (Å²) in [5, 5.41) is 13.0. The van der Waals surface area contributed by atoms with Crippen LogP contribution in [0.5, 0.6) is 5.75 Å². The van der Waals surface area contributed by atoms with Crippen molar-refractivity contribution in [3.8, 4) is 5.75 Å². The van der Waals surface area contributed by atoms with Gasteiger partial charge in [-0.1, -0.05) is 18.2 Å². The van der Waals surface area contributed by atoms with Crippen molar-refractivity contribution in [1.29, 1.82) is 0 Å². The van der Waals surface area contributed by atoms with E-state index in [1.54, 1.807) is 6.33 Å². The fourth-order valence-electron chi connectivity index (χ4n) is 1.88. The van der Waals surface area contributed by atoms with Gasteiger partial charge in [-0.3, -0.25) is 0 Å². The fourth-order valence-corrected chi connectivity index (χ4v) is 1.88. The maximum Gasteiger partial charge on any atom is 0.182 e. The summed E-state index contributed by atoms with van der Waals surface area (Å²) in [6.45, 7) is 0.520. The number of aromatic amines is 1. The highest BCUT2D eigenvalue weighted by atomic mass is 16.5. The van der Waals surface area contributed by atoms with Crippen molar-refractivity contribution < 1.29 is 9.84 Å². The Morgan fingerprint density at radius 3 is 2.90 bits per heavy atom. The zero-order valence-electron chi connectivity index (χ0n) is 11.2. The van der Waals surface area contributed by atoms with Gasteiger partial charge in [0, 0.05) is 6.54 Å². The summed E-state index contributed by atoms with van der Waals surface area (Å²) >= 11 is 0. The van der Waals surface area contributed by atoms with E-state index in [0.29, 0.717) is 23.5 Å². The molecule has 0 amide bonds. The minimum atomic E-state index is -0.654. The van der Waals surface area contributed by atoms with Gasteiger partial charge in [0.25, 0.3) is 0 Å². The van der Waals surface area contributed by atoms with Crippen LogP contribution in [0.2, 0.25) is 0 Å². The number of ether oxygens (including phenoxy) is 1. The van der Waals surface area contributed by atoms with Crippen molar-refractivity contribution in [2.45, 2.75) is 6.10 Å². The van der Waals surface area contributed by atoms with E-state index in [1.807, 2.05) is 30.3 Å². The molecule has 7 heteroatoms. The molecule has 21 heavy (non-hydrogen) atoms. The second kappa shape index (κ2) is 6.19. The monoisotopic (exact) mass is 285 g/mol. The molecule has 3 rings (SSSR count). The zero-order chi connectivity index (χ0) is 14.5. The van der Waals surface area contributed by atoms with Gasteiger partial charge in [0.1, 0.15) is 30.3 Å². The van der Waals surface area contributed by atoms with Gasteiger partial charge in [-0.15, -0.1) is 0 Å². The van der Waals surface area contributed by atoms with Crippen LogP contribution < -0.4 is 10.1 Å². The summed E-state index contributed by atoms with van der Waals surface area (Å²) in [6, 6.07) is 9.37. The molecule has 0 saturated carbocycles. The molecule has 1 atom stereocenters. The van der Waals surface area contributed by atoms with E-state index in [2.05, 4.69) is 25.3 Å². The first-order chi connectivity index (χ1) is 10.3. The predicted octanol–water partition coefficient (Wildman–Crippen LogP) is 1.20. The Bertz CT molecular complexity index is 701. The van der Waals surface area contributed by atoms with E-state index in [9.17, 15) is 5.11 Å². The van der Waals surface area contributed by atoms with Gasteiger partial charge < -0.3 is 20.1 Å². The normalized spacial score (nSPS) is 12.2. The standard InChI is InChI=1S/C14H15N5O2/c20-10(7-21-11-4-2-1-3-5-11)6-15-13-12-14(17-8-16-12)19-9-18-13/h1-5,8-10,20H,6-7H2,(H2,15,16,17,18,19). The van der Waals surface area contributed by atoms with Crippen molar-refractivity contribution in [2.75, 3.05) is 18.5 Å². The molecule has 0 radical (unpaired) electrons. The molecule has 3 aromatic rings. The molecule has 0 aliphatic carbocycles. The van der Waals surface area contributed by atoms with Crippen LogP contribution in [0.3, 0.4) is 0 Å². The van der Waals surface area contributed by atoms with Gasteiger partial charge in [0.15, 0.2) is 11.5 Å². The zero-order valence-corrected chi connectivity index (χ0v) is 11.2. The highest BCUT2D eigenvalue weighted by Gasteiger charge is 2.09. The Labute approximate surface area is 121 Å². The van der Waals surface area contributed by atoms with Crippen LogP contribution >= 0.6 is 0 Å². The van der Waals surface area contributed by atoms with Crippen molar-refractivity contribution in [3.63, 3.8) is 0 Å². The van der Waals surface area contributed by atoms with Crippen molar-refractivity contribution in [2.24, 2.45) is 0 Å². The Balaban J connectivity index is 1.54. The fraction of sp³-hybridized carbons (Fsp3) is 0.214. The molecule has 0 fully saturated rings. The molecule has 2 aromatic heterocycles. The molecule has 3 N–H and O–H groups in total. The van der Waals surface area contributed by atoms with Gasteiger partial charge in [0.2, 0.25) is 0 Å². The molecule has 2 heterocycles. The molecular weight excluding hydrogens is 270 g/mol. The molecule has 0 aliphatic heterocycles. The van der Waals surface area contributed by atoms with Gasteiger partial charge >= 0.3 is 0 Å². The lowest BCUT2D eigenvalue weighted by atomic mass is 10.3. The SMILES string of the molecule is OC(CNc1ncnc2nc[nH]c12)COc1ccccc1. The first kappa shape index (κ1) is 13.3. The number of aliphatic hydroxyl groups excluding tert-OH is 1. The molecule has 1 aromatic carbocycles. The van der Waals surface area contributed by atoms with Crippen LogP contribution in [0, 0.1) is 0 Å². The van der Waals surface area contributed by atoms with Crippen LogP contribution in [0.15, 0.2) is 43.0 Å². The van der Waals surface area contributed by atoms with Crippen LogP contribution in [0.4, 0.5) is 5.82 Å². The smallest absolute Gasteiger partial charge is 0.182 e. The lowest BCUT2D eigenvalue weighted by Gasteiger charge is -2.13. The summed E-state index contributed by atoms with van der Waals surface area (Å²) in [6.07, 6.45) is 2.33. The number of aliphatic hydroxyl groups is 1. The van der Waals surface area contributed by atoms with E-state index in [1.165, 1.54) is 6.33 Å². The van der Waals surface area contributed by atoms with Gasteiger partial charge in [-0.2, -0.15) is 0 Å². The number of hydrogen-bond acceptors (Lipinski definition) is 6. The Hall–Kier alpha value is -2.67. The third-order valence-corrected chi connectivity index (χ3v) is 2.91. The number of rotatable bonds is 6. The van der Waals surface area contributed by atoms with E-state index in [-0.39, 0.29) is 6.61 Å². The molecule has 7 nitrogen and oxygen atoms in total. The average molecular weight is 285 g/mol. The van der Waals surface area contributed by atoms with E-state index in [4.69, 9.17) is 4.74 Å². The number of hydrogen-bond donors (Lipinski definition) is 3. The number of benzene rings is 1. The Morgan fingerprint density at radius 1 is 1.19 bits per heavy atom. The molecule has 1 unspecified atom stereocenters. The number of aromatic nitrogens is 4. The van der Waals surface area contributed by atoms with E-state index >= 15 is 0 Å². The summed E-state index contributed by atoms with van der Waals surface area (Å²) < 4.78 is 5.49. The first-order valence-electron chi connectivity index (χ1n) is 6.57. The van der Waals surface area contributed by atoms with Gasteiger partial charge in [-0.25, -0.2) is 15.0 Å². The number of fused-ring (bicyclic) bond motifs is 1. The van der Waals surface area contributed by atoms with Crippen molar-refractivity contribution >= 4 is 17.0 Å². The lowest BCUT2D eigenvalue weighted by Crippen LogP contribution is -2.26. The topological polar surface area (TPSA) is 96.0 Å². The highest BCUT2D eigenvalue weighted by molar-refractivity contribution is 5.81. The van der Waals surface area contributed by atoms with E-state index in [0.717, 1.165) is 5.75 Å². The van der Waals surface area contributed by atoms with Crippen LogP contribution in [0.1, 0.15) is 0 Å². The quantitative estimate of drug-likeness (QED) is 0.630. The van der Waals surface area contributed by atoms with Gasteiger partial charge in [0.05, 0.1) is 6.33 Å². The number of imidazole rings is 1. The summed E-state index contributed by atoms with van der Waals surface area (Å²) in [7, 11) is 0.